The van der Waals surface area contributed by atoms with E-state index in [1.807, 2.05) is 0 Å². The number of hydrogen-bond donors (Lipinski definition) is 1. The molecule has 1 N–H and O–H groups in total. The topological polar surface area (TPSA) is 64.3 Å². The predicted molar refractivity (Wildman–Crippen MR) is 52.1 cm³/mol. The quantitative estimate of drug-likeness (QED) is 0.846. The van der Waals surface area contributed by atoms with Crippen LogP contribution in [0, 0.1) is 5.82 Å². The van der Waals surface area contributed by atoms with Gasteiger partial charge in [0.2, 0.25) is 0 Å². The maximum atomic E-state index is 12.6. The molecule has 0 aliphatic rings. The van der Waals surface area contributed by atoms with Gasteiger partial charge < -0.3 is 9.84 Å². The Bertz CT molecular complexity index is 507. The summed E-state index contributed by atoms with van der Waals surface area (Å²) in [5, 5.41) is 12.1. The molecule has 0 amide bonds. The number of halogens is 1. The zero-order chi connectivity index (χ0) is 11.5. The number of ether oxygens (including phenoxy) is 1. The molecule has 0 saturated carbocycles. The first-order valence-corrected chi connectivity index (χ1v) is 4.36. The molecular formula is C10H7FN2O3. The zero-order valence-corrected chi connectivity index (χ0v) is 8.00. The molecular weight excluding hydrogens is 215 g/mol. The molecule has 2 rings (SSSR count). The number of carboxylic acid groups (broad SMARTS) is 1. The van der Waals surface area contributed by atoms with Gasteiger partial charge in [-0.1, -0.05) is 0 Å². The van der Waals surface area contributed by atoms with E-state index in [2.05, 4.69) is 5.10 Å². The minimum Gasteiger partial charge on any atom is -0.463 e. The molecule has 0 bridgehead atoms. The molecule has 5 nitrogen and oxygen atoms in total. The standard InChI is InChI=1S/C10H7FN2O3/c11-7-1-3-8(4-2-7)16-9-5-12-13(6-9)10(14)15/h1-6H,(H,14,15). The fourth-order valence-electron chi connectivity index (χ4n) is 1.10. The van der Waals surface area contributed by atoms with Crippen molar-refractivity contribution in [2.45, 2.75) is 0 Å². The normalized spacial score (nSPS) is 10.1. The van der Waals surface area contributed by atoms with Gasteiger partial charge in [-0.3, -0.25) is 0 Å². The summed E-state index contributed by atoms with van der Waals surface area (Å²) in [5.41, 5.74) is 0. The number of aromatic nitrogens is 2. The summed E-state index contributed by atoms with van der Waals surface area (Å²) in [7, 11) is 0. The monoisotopic (exact) mass is 222 g/mol. The Morgan fingerprint density at radius 1 is 1.31 bits per heavy atom. The Balaban J connectivity index is 2.14. The van der Waals surface area contributed by atoms with Crippen LogP contribution in [0.1, 0.15) is 0 Å². The smallest absolute Gasteiger partial charge is 0.432 e. The highest BCUT2D eigenvalue weighted by molar-refractivity contribution is 5.66. The summed E-state index contributed by atoms with van der Waals surface area (Å²) in [6.07, 6.45) is 1.28. The Morgan fingerprint density at radius 2 is 2.00 bits per heavy atom. The van der Waals surface area contributed by atoms with Gasteiger partial charge in [0.15, 0.2) is 5.75 Å². The third kappa shape index (κ3) is 2.17. The van der Waals surface area contributed by atoms with Gasteiger partial charge in [0.25, 0.3) is 0 Å². The highest BCUT2D eigenvalue weighted by atomic mass is 19.1. The average Bonchev–Trinajstić information content (AvgIpc) is 2.70. The van der Waals surface area contributed by atoms with Gasteiger partial charge in [0.05, 0.1) is 12.4 Å². The molecule has 0 spiro atoms. The zero-order valence-electron chi connectivity index (χ0n) is 8.00. The van der Waals surface area contributed by atoms with Crippen LogP contribution in [-0.4, -0.2) is 21.0 Å². The number of rotatable bonds is 2. The average molecular weight is 222 g/mol. The number of nitrogens with zero attached hydrogens (tertiary/aromatic N) is 2. The van der Waals surface area contributed by atoms with Gasteiger partial charge in [0.1, 0.15) is 11.6 Å². The largest absolute Gasteiger partial charge is 0.463 e. The Morgan fingerprint density at radius 3 is 2.56 bits per heavy atom. The van der Waals surface area contributed by atoms with E-state index in [4.69, 9.17) is 9.84 Å². The van der Waals surface area contributed by atoms with E-state index in [-0.39, 0.29) is 11.6 Å². The van der Waals surface area contributed by atoms with Crippen LogP contribution >= 0.6 is 0 Å². The van der Waals surface area contributed by atoms with Crippen LogP contribution in [0.15, 0.2) is 36.7 Å². The van der Waals surface area contributed by atoms with Crippen molar-refractivity contribution in [1.82, 2.24) is 9.78 Å². The first-order valence-electron chi connectivity index (χ1n) is 4.36. The lowest BCUT2D eigenvalue weighted by atomic mass is 10.3. The van der Waals surface area contributed by atoms with Crippen LogP contribution in [-0.2, 0) is 0 Å². The van der Waals surface area contributed by atoms with Gasteiger partial charge in [-0.15, -0.1) is 0 Å². The fraction of sp³-hybridized carbons (Fsp3) is 0. The maximum Gasteiger partial charge on any atom is 0.432 e. The summed E-state index contributed by atoms with van der Waals surface area (Å²) in [6.45, 7) is 0. The lowest BCUT2D eigenvalue weighted by Gasteiger charge is -2.00. The Labute approximate surface area is 89.7 Å². The van der Waals surface area contributed by atoms with Crippen LogP contribution in [0.3, 0.4) is 0 Å². The van der Waals surface area contributed by atoms with Gasteiger partial charge in [-0.25, -0.2) is 9.18 Å². The van der Waals surface area contributed by atoms with Crippen LogP contribution < -0.4 is 4.74 Å². The molecule has 2 aromatic rings. The maximum absolute atomic E-state index is 12.6. The lowest BCUT2D eigenvalue weighted by Crippen LogP contribution is -2.07. The van der Waals surface area contributed by atoms with Crippen LogP contribution in [0.4, 0.5) is 9.18 Å². The summed E-state index contributed by atoms with van der Waals surface area (Å²) < 4.78 is 18.6. The van der Waals surface area contributed by atoms with Crippen molar-refractivity contribution in [1.29, 1.82) is 0 Å². The highest BCUT2D eigenvalue weighted by Crippen LogP contribution is 2.20. The third-order valence-corrected chi connectivity index (χ3v) is 1.80. The Kier molecular flexibility index (Phi) is 2.55. The fourth-order valence-corrected chi connectivity index (χ4v) is 1.10. The first kappa shape index (κ1) is 10.2. The second-order valence-electron chi connectivity index (χ2n) is 2.96. The Hall–Kier alpha value is -2.37. The molecule has 0 fully saturated rings. The molecule has 0 aliphatic heterocycles. The molecule has 0 saturated heterocycles. The lowest BCUT2D eigenvalue weighted by molar-refractivity contribution is 0.192. The molecule has 0 atom stereocenters. The summed E-state index contributed by atoms with van der Waals surface area (Å²) in [6, 6.07) is 5.37. The van der Waals surface area contributed by atoms with Crippen molar-refractivity contribution in [3.8, 4) is 11.5 Å². The molecule has 6 heteroatoms. The van der Waals surface area contributed by atoms with Crippen molar-refractivity contribution in [2.75, 3.05) is 0 Å². The summed E-state index contributed by atoms with van der Waals surface area (Å²) in [4.78, 5) is 10.5. The van der Waals surface area contributed by atoms with Crippen molar-refractivity contribution >= 4 is 6.09 Å². The number of hydrogen-bond acceptors (Lipinski definition) is 3. The first-order chi connectivity index (χ1) is 7.65. The minimum atomic E-state index is -1.20. The van der Waals surface area contributed by atoms with E-state index in [1.54, 1.807) is 0 Å². The summed E-state index contributed by atoms with van der Waals surface area (Å²) in [5.74, 6) is 0.314. The van der Waals surface area contributed by atoms with Crippen LogP contribution in [0.5, 0.6) is 11.5 Å². The molecule has 82 valence electrons. The van der Waals surface area contributed by atoms with E-state index >= 15 is 0 Å². The molecule has 16 heavy (non-hydrogen) atoms. The molecule has 0 radical (unpaired) electrons. The molecule has 0 unspecified atom stereocenters. The van der Waals surface area contributed by atoms with E-state index in [9.17, 15) is 9.18 Å². The number of carbonyl (C=O) groups is 1. The van der Waals surface area contributed by atoms with Crippen molar-refractivity contribution < 1.29 is 19.0 Å². The summed E-state index contributed by atoms with van der Waals surface area (Å²) >= 11 is 0. The van der Waals surface area contributed by atoms with Crippen molar-refractivity contribution in [3.63, 3.8) is 0 Å². The van der Waals surface area contributed by atoms with Crippen molar-refractivity contribution in [3.05, 3.63) is 42.5 Å². The molecule has 0 aliphatic carbocycles. The minimum absolute atomic E-state index is 0.272. The van der Waals surface area contributed by atoms with Crippen LogP contribution in [0.25, 0.3) is 0 Å². The molecule has 1 heterocycles. The second kappa shape index (κ2) is 4.01. The molecule has 1 aromatic heterocycles. The van der Waals surface area contributed by atoms with Gasteiger partial charge >= 0.3 is 6.09 Å². The SMILES string of the molecule is O=C(O)n1cc(Oc2ccc(F)cc2)cn1. The van der Waals surface area contributed by atoms with Gasteiger partial charge in [0, 0.05) is 0 Å². The number of benzene rings is 1. The second-order valence-corrected chi connectivity index (χ2v) is 2.96. The molecule has 1 aromatic carbocycles. The van der Waals surface area contributed by atoms with E-state index in [0.29, 0.717) is 5.75 Å². The predicted octanol–water partition coefficient (Wildman–Crippen LogP) is 2.34. The van der Waals surface area contributed by atoms with E-state index in [0.717, 1.165) is 4.68 Å². The third-order valence-electron chi connectivity index (χ3n) is 1.80. The van der Waals surface area contributed by atoms with Crippen molar-refractivity contribution in [2.24, 2.45) is 0 Å². The van der Waals surface area contributed by atoms with Crippen LogP contribution in [0.2, 0.25) is 0 Å². The van der Waals surface area contributed by atoms with E-state index < -0.39 is 6.09 Å². The van der Waals surface area contributed by atoms with Gasteiger partial charge in [-0.05, 0) is 24.3 Å². The van der Waals surface area contributed by atoms with E-state index in [1.165, 1.54) is 36.7 Å². The van der Waals surface area contributed by atoms with Gasteiger partial charge in [-0.2, -0.15) is 9.78 Å². The highest BCUT2D eigenvalue weighted by Gasteiger charge is 2.05.